The zero-order valence-electron chi connectivity index (χ0n) is 20.0. The number of nitrogens with zero attached hydrogens (tertiary/aromatic N) is 2. The van der Waals surface area contributed by atoms with Crippen molar-refractivity contribution in [3.05, 3.63) is 131 Å². The molecule has 5 nitrogen and oxygen atoms in total. The van der Waals surface area contributed by atoms with Crippen molar-refractivity contribution >= 4 is 40.4 Å². The van der Waals surface area contributed by atoms with E-state index in [2.05, 4.69) is 4.98 Å². The van der Waals surface area contributed by atoms with E-state index in [1.807, 2.05) is 41.0 Å². The summed E-state index contributed by atoms with van der Waals surface area (Å²) < 4.78 is 42.4. The number of carbonyl (C=O) groups excluding carboxylic acids is 1. The maximum atomic E-state index is 14.8. The average Bonchev–Trinajstić information content (AvgIpc) is 3.27. The van der Waals surface area contributed by atoms with Crippen LogP contribution in [0.1, 0.15) is 21.7 Å². The first-order valence-corrected chi connectivity index (χ1v) is 12.1. The first kappa shape index (κ1) is 25.2. The number of carbonyl (C=O) groups is 1. The highest BCUT2D eigenvalue weighted by atomic mass is 35.5. The fourth-order valence-corrected chi connectivity index (χ4v) is 4.16. The lowest BCUT2D eigenvalue weighted by molar-refractivity contribution is 0.0688. The van der Waals surface area contributed by atoms with Gasteiger partial charge in [-0.25, -0.2) is 18.6 Å². The molecule has 0 aliphatic carbocycles. The molecule has 0 aliphatic heterocycles. The zero-order valence-corrected chi connectivity index (χ0v) is 20.7. The summed E-state index contributed by atoms with van der Waals surface area (Å²) in [7, 11) is 0. The van der Waals surface area contributed by atoms with Crippen molar-refractivity contribution in [1.29, 1.82) is 0 Å². The third-order valence-electron chi connectivity index (χ3n) is 5.79. The van der Waals surface area contributed by atoms with Crippen molar-refractivity contribution < 1.29 is 23.0 Å². The zero-order chi connectivity index (χ0) is 26.5. The Kier molecular flexibility index (Phi) is 7.47. The van der Waals surface area contributed by atoms with E-state index in [-0.39, 0.29) is 23.5 Å². The van der Waals surface area contributed by atoms with Gasteiger partial charge >= 0.3 is 5.97 Å². The number of ether oxygens (including phenoxy) is 2. The van der Waals surface area contributed by atoms with Gasteiger partial charge < -0.3 is 14.0 Å². The van der Waals surface area contributed by atoms with Gasteiger partial charge in [0.25, 0.3) is 0 Å². The van der Waals surface area contributed by atoms with E-state index >= 15 is 0 Å². The van der Waals surface area contributed by atoms with E-state index in [1.165, 1.54) is 42.5 Å². The molecular formula is C30H21ClF2N2O3. The molecule has 0 radical (unpaired) electrons. The fourth-order valence-electron chi connectivity index (χ4n) is 3.97. The third-order valence-corrected chi connectivity index (χ3v) is 6.10. The molecule has 0 fully saturated rings. The van der Waals surface area contributed by atoms with E-state index in [0.29, 0.717) is 28.7 Å². The van der Waals surface area contributed by atoms with Gasteiger partial charge in [0.2, 0.25) is 0 Å². The Morgan fingerprint density at radius 1 is 0.842 bits per heavy atom. The predicted molar refractivity (Wildman–Crippen MR) is 143 cm³/mol. The predicted octanol–water partition coefficient (Wildman–Crippen LogP) is 7.40. The SMILES string of the molecule is O=C(O/C(=C/c1nc2ccccc2n1CCOc1ccccc1Cl)c1ccccc1F)c1ccccc1F. The normalized spacial score (nSPS) is 11.5. The number of hydrogen-bond acceptors (Lipinski definition) is 4. The Morgan fingerprint density at radius 2 is 1.47 bits per heavy atom. The Balaban J connectivity index is 1.54. The molecule has 38 heavy (non-hydrogen) atoms. The van der Waals surface area contributed by atoms with Crippen LogP contribution in [0.5, 0.6) is 5.75 Å². The molecule has 0 saturated heterocycles. The van der Waals surface area contributed by atoms with Crippen molar-refractivity contribution in [3.63, 3.8) is 0 Å². The minimum absolute atomic E-state index is 0.0307. The molecule has 0 bridgehead atoms. The Morgan fingerprint density at radius 3 is 2.21 bits per heavy atom. The molecular weight excluding hydrogens is 510 g/mol. The summed E-state index contributed by atoms with van der Waals surface area (Å²) in [5, 5.41) is 0.491. The molecule has 190 valence electrons. The van der Waals surface area contributed by atoms with Gasteiger partial charge in [-0.15, -0.1) is 0 Å². The maximum absolute atomic E-state index is 14.8. The Labute approximate surface area is 222 Å². The Hall–Kier alpha value is -4.49. The van der Waals surface area contributed by atoms with Crippen molar-refractivity contribution in [1.82, 2.24) is 9.55 Å². The van der Waals surface area contributed by atoms with Gasteiger partial charge in [0.1, 0.15) is 35.6 Å². The van der Waals surface area contributed by atoms with Gasteiger partial charge in [0.15, 0.2) is 0 Å². The molecule has 1 heterocycles. The fraction of sp³-hybridized carbons (Fsp3) is 0.0667. The van der Waals surface area contributed by atoms with Gasteiger partial charge in [-0.3, -0.25) is 0 Å². The number of esters is 1. The van der Waals surface area contributed by atoms with E-state index in [9.17, 15) is 13.6 Å². The van der Waals surface area contributed by atoms with Crippen LogP contribution in [-0.4, -0.2) is 22.1 Å². The summed E-state index contributed by atoms with van der Waals surface area (Å²) in [5.74, 6) is -1.48. The van der Waals surface area contributed by atoms with Crippen LogP contribution < -0.4 is 4.74 Å². The second-order valence-corrected chi connectivity index (χ2v) is 8.65. The lowest BCUT2D eigenvalue weighted by Gasteiger charge is -2.13. The monoisotopic (exact) mass is 530 g/mol. The van der Waals surface area contributed by atoms with Crippen molar-refractivity contribution in [2.75, 3.05) is 6.61 Å². The molecule has 5 rings (SSSR count). The summed E-state index contributed by atoms with van der Waals surface area (Å²) in [6.45, 7) is 0.623. The largest absolute Gasteiger partial charge is 0.490 e. The van der Waals surface area contributed by atoms with E-state index in [0.717, 1.165) is 11.6 Å². The second-order valence-electron chi connectivity index (χ2n) is 8.25. The summed E-state index contributed by atoms with van der Waals surface area (Å²) >= 11 is 6.21. The molecule has 0 saturated carbocycles. The summed E-state index contributed by atoms with van der Waals surface area (Å²) in [4.78, 5) is 17.5. The second kappa shape index (κ2) is 11.3. The molecule has 1 aromatic heterocycles. The number of aromatic nitrogens is 2. The van der Waals surface area contributed by atoms with Gasteiger partial charge in [-0.05, 0) is 48.5 Å². The molecule has 0 N–H and O–H groups in total. The number of rotatable bonds is 8. The summed E-state index contributed by atoms with van der Waals surface area (Å²) in [6.07, 6.45) is 1.46. The Bertz CT molecular complexity index is 1650. The van der Waals surface area contributed by atoms with E-state index < -0.39 is 17.6 Å². The number of fused-ring (bicyclic) bond motifs is 1. The van der Waals surface area contributed by atoms with Crippen molar-refractivity contribution in [3.8, 4) is 5.75 Å². The summed E-state index contributed by atoms with van der Waals surface area (Å²) in [6, 6.07) is 25.9. The molecule has 0 aliphatic rings. The van der Waals surface area contributed by atoms with Crippen LogP contribution in [0.15, 0.2) is 97.1 Å². The minimum atomic E-state index is -0.956. The highest BCUT2D eigenvalue weighted by molar-refractivity contribution is 6.32. The van der Waals surface area contributed by atoms with Crippen LogP contribution >= 0.6 is 11.6 Å². The lowest BCUT2D eigenvalue weighted by Crippen LogP contribution is -2.11. The molecule has 8 heteroatoms. The van der Waals surface area contributed by atoms with Crippen LogP contribution in [0.25, 0.3) is 22.9 Å². The highest BCUT2D eigenvalue weighted by Gasteiger charge is 2.20. The number of para-hydroxylation sites is 3. The van der Waals surface area contributed by atoms with Crippen LogP contribution in [-0.2, 0) is 11.3 Å². The van der Waals surface area contributed by atoms with Crippen molar-refractivity contribution in [2.24, 2.45) is 0 Å². The lowest BCUT2D eigenvalue weighted by atomic mass is 10.1. The number of imidazole rings is 1. The van der Waals surface area contributed by atoms with Crippen LogP contribution in [0, 0.1) is 11.6 Å². The molecule has 4 aromatic carbocycles. The first-order chi connectivity index (χ1) is 18.5. The topological polar surface area (TPSA) is 53.3 Å². The van der Waals surface area contributed by atoms with E-state index in [1.54, 1.807) is 18.2 Å². The van der Waals surface area contributed by atoms with Gasteiger partial charge in [-0.1, -0.05) is 60.1 Å². The first-order valence-electron chi connectivity index (χ1n) is 11.8. The third kappa shape index (κ3) is 5.43. The maximum Gasteiger partial charge on any atom is 0.346 e. The minimum Gasteiger partial charge on any atom is -0.490 e. The van der Waals surface area contributed by atoms with Crippen LogP contribution in [0.3, 0.4) is 0 Å². The standard InChI is InChI=1S/C30H21ClF2N2O3/c31-22-11-3-8-16-27(22)37-18-17-35-26-15-7-6-14-25(26)34-29(35)19-28(20-9-1-4-12-23(20)32)38-30(36)21-10-2-5-13-24(21)33/h1-16,19H,17-18H2/b28-19+. The smallest absolute Gasteiger partial charge is 0.346 e. The van der Waals surface area contributed by atoms with Crippen LogP contribution in [0.4, 0.5) is 8.78 Å². The van der Waals surface area contributed by atoms with Gasteiger partial charge in [0.05, 0.1) is 33.7 Å². The molecule has 5 aromatic rings. The number of benzene rings is 4. The molecule has 0 spiro atoms. The quantitative estimate of drug-likeness (QED) is 0.155. The van der Waals surface area contributed by atoms with E-state index in [4.69, 9.17) is 21.1 Å². The highest BCUT2D eigenvalue weighted by Crippen LogP contribution is 2.27. The molecule has 0 atom stereocenters. The van der Waals surface area contributed by atoms with Gasteiger partial charge in [0, 0.05) is 6.08 Å². The molecule has 0 amide bonds. The van der Waals surface area contributed by atoms with Gasteiger partial charge in [-0.2, -0.15) is 0 Å². The number of hydrogen-bond donors (Lipinski definition) is 0. The number of halogens is 3. The summed E-state index contributed by atoms with van der Waals surface area (Å²) in [5.41, 5.74) is 1.25. The van der Waals surface area contributed by atoms with Crippen molar-refractivity contribution in [2.45, 2.75) is 6.54 Å². The molecule has 0 unspecified atom stereocenters. The average molecular weight is 531 g/mol. The van der Waals surface area contributed by atoms with Crippen LogP contribution in [0.2, 0.25) is 5.02 Å².